The highest BCUT2D eigenvalue weighted by molar-refractivity contribution is 6.06. The van der Waals surface area contributed by atoms with Crippen molar-refractivity contribution in [2.75, 3.05) is 23.7 Å². The molecular formula is C40H48N8O6. The zero-order chi connectivity index (χ0) is 37.9. The van der Waals surface area contributed by atoms with E-state index in [9.17, 15) is 24.9 Å². The molecule has 7 N–H and O–H groups in total. The molecule has 1 fully saturated rings. The van der Waals surface area contributed by atoms with Crippen molar-refractivity contribution in [1.82, 2.24) is 30.2 Å². The van der Waals surface area contributed by atoms with Gasteiger partial charge in [-0.1, -0.05) is 61.9 Å². The number of carbonyl (C=O) groups is 2. The van der Waals surface area contributed by atoms with E-state index in [1.54, 1.807) is 36.4 Å². The highest BCUT2D eigenvalue weighted by Gasteiger charge is 2.45. The van der Waals surface area contributed by atoms with Crippen LogP contribution in [0.3, 0.4) is 0 Å². The molecule has 1 aliphatic rings. The number of hydrogen-bond acceptors (Lipinski definition) is 10. The van der Waals surface area contributed by atoms with Gasteiger partial charge < -0.3 is 41.3 Å². The number of nitrogens with one attached hydrogen (secondary N) is 4. The molecule has 54 heavy (non-hydrogen) atoms. The Morgan fingerprint density at radius 1 is 0.907 bits per heavy atom. The summed E-state index contributed by atoms with van der Waals surface area (Å²) in [6.07, 6.45) is 3.53. The molecule has 0 saturated carbocycles. The molecule has 1 unspecified atom stereocenters. The van der Waals surface area contributed by atoms with Crippen molar-refractivity contribution in [3.05, 3.63) is 108 Å². The van der Waals surface area contributed by atoms with Gasteiger partial charge in [0.25, 0.3) is 5.91 Å². The number of phenolic OH excluding ortho intramolecular Hbond substituents is 1. The van der Waals surface area contributed by atoms with Crippen LogP contribution in [0.4, 0.5) is 16.3 Å². The van der Waals surface area contributed by atoms with Crippen LogP contribution in [0.5, 0.6) is 5.75 Å². The Morgan fingerprint density at radius 3 is 2.46 bits per heavy atom. The number of benzene rings is 3. The van der Waals surface area contributed by atoms with Gasteiger partial charge in [-0.2, -0.15) is 0 Å². The molecule has 0 aliphatic carbocycles. The SMILES string of the molecule is CCCCc1ccc(NC(=O)NCCC[C@H](CNCc2ccccc2O)C[C@H]2O[C@@H](n3cnc4c(NC(=O)c5ccccc5)ncnc43)[C@@H](O)C2O)cc1. The molecule has 1 saturated heterocycles. The quantitative estimate of drug-likeness (QED) is 0.0628. The number of aryl methyl sites for hydroxylation is 1. The number of fused-ring (bicyclic) bond motifs is 1. The number of aromatic hydroxyl groups is 1. The lowest BCUT2D eigenvalue weighted by Crippen LogP contribution is -2.35. The number of anilines is 2. The van der Waals surface area contributed by atoms with Crippen LogP contribution in [-0.2, 0) is 17.7 Å². The third-order valence-corrected chi connectivity index (χ3v) is 9.65. The lowest BCUT2D eigenvalue weighted by molar-refractivity contribution is -0.0416. The van der Waals surface area contributed by atoms with Crippen LogP contribution in [0.2, 0.25) is 0 Å². The number of ether oxygens (including phenoxy) is 1. The lowest BCUT2D eigenvalue weighted by atomic mass is 9.93. The van der Waals surface area contributed by atoms with E-state index in [0.29, 0.717) is 55.6 Å². The number of unbranched alkanes of at least 4 members (excludes halogenated alkanes) is 1. The zero-order valence-electron chi connectivity index (χ0n) is 30.3. The largest absolute Gasteiger partial charge is 0.508 e. The summed E-state index contributed by atoms with van der Waals surface area (Å²) in [7, 11) is 0. The second-order valence-electron chi connectivity index (χ2n) is 13.6. The first-order valence-corrected chi connectivity index (χ1v) is 18.5. The Hall–Kier alpha value is -5.41. The Bertz CT molecular complexity index is 1970. The number of nitrogens with zero attached hydrogens (tertiary/aromatic N) is 4. The number of para-hydroxylation sites is 1. The summed E-state index contributed by atoms with van der Waals surface area (Å²) in [5, 5.41) is 44.7. The van der Waals surface area contributed by atoms with Gasteiger partial charge in [0.15, 0.2) is 23.2 Å². The molecule has 2 aromatic heterocycles. The van der Waals surface area contributed by atoms with Gasteiger partial charge in [0.05, 0.1) is 12.4 Å². The van der Waals surface area contributed by atoms with E-state index >= 15 is 0 Å². The molecule has 0 bridgehead atoms. The number of aromatic nitrogens is 4. The maximum absolute atomic E-state index is 12.8. The van der Waals surface area contributed by atoms with Crippen molar-refractivity contribution in [2.45, 2.75) is 76.5 Å². The molecule has 14 nitrogen and oxygen atoms in total. The highest BCUT2D eigenvalue weighted by Crippen LogP contribution is 2.35. The standard InChI is InChI=1S/C40H48N8O6/c1-2-3-10-26-16-18-30(19-17-26)46-40(53)42-20-9-11-27(22-41-23-29-14-7-8-15-31(29)49)21-32-34(50)35(51)39(54-32)48-25-45-33-36(43-24-44-37(33)48)47-38(52)28-12-5-4-6-13-28/h4-8,12-19,24-25,27,32,34-35,39,41,49-51H,2-3,9-11,20-23H2,1H3,(H2,42,46,53)(H,43,44,47,52)/t27-,32+,34?,35-,39+/m0/s1. The number of amides is 3. The van der Waals surface area contributed by atoms with Gasteiger partial charge in [0.1, 0.15) is 24.3 Å². The maximum atomic E-state index is 12.8. The number of urea groups is 1. The van der Waals surface area contributed by atoms with Crippen molar-refractivity contribution in [3.63, 3.8) is 0 Å². The topological polar surface area (TPSA) is 196 Å². The minimum Gasteiger partial charge on any atom is -0.508 e. The molecule has 5 atom stereocenters. The predicted octanol–water partition coefficient (Wildman–Crippen LogP) is 5.14. The molecule has 6 rings (SSSR count). The Morgan fingerprint density at radius 2 is 1.69 bits per heavy atom. The first-order chi connectivity index (χ1) is 26.3. The van der Waals surface area contributed by atoms with E-state index < -0.39 is 24.5 Å². The van der Waals surface area contributed by atoms with Crippen molar-refractivity contribution in [2.24, 2.45) is 5.92 Å². The first-order valence-electron chi connectivity index (χ1n) is 18.5. The molecule has 3 heterocycles. The number of imidazole rings is 1. The smallest absolute Gasteiger partial charge is 0.319 e. The predicted molar refractivity (Wildman–Crippen MR) is 205 cm³/mol. The van der Waals surface area contributed by atoms with Crippen molar-refractivity contribution < 1.29 is 29.6 Å². The molecule has 3 amide bonds. The summed E-state index contributed by atoms with van der Waals surface area (Å²) in [6.45, 7) is 3.56. The second kappa shape index (κ2) is 18.6. The Labute approximate surface area is 314 Å². The van der Waals surface area contributed by atoms with Crippen LogP contribution in [-0.4, -0.2) is 78.2 Å². The average molecular weight is 737 g/mol. The molecular weight excluding hydrogens is 688 g/mol. The number of phenols is 1. The van der Waals surface area contributed by atoms with Crippen LogP contribution >= 0.6 is 0 Å². The van der Waals surface area contributed by atoms with Gasteiger partial charge in [0, 0.05) is 29.9 Å². The average Bonchev–Trinajstić information content (AvgIpc) is 3.74. The maximum Gasteiger partial charge on any atom is 0.319 e. The minimum atomic E-state index is -1.29. The van der Waals surface area contributed by atoms with E-state index in [4.69, 9.17) is 4.74 Å². The van der Waals surface area contributed by atoms with Gasteiger partial charge in [-0.3, -0.25) is 9.36 Å². The summed E-state index contributed by atoms with van der Waals surface area (Å²) in [4.78, 5) is 38.4. The van der Waals surface area contributed by atoms with E-state index in [-0.39, 0.29) is 29.4 Å². The molecule has 5 aromatic rings. The first kappa shape index (κ1) is 38.3. The summed E-state index contributed by atoms with van der Waals surface area (Å²) < 4.78 is 7.85. The fraction of sp³-hybridized carbons (Fsp3) is 0.375. The van der Waals surface area contributed by atoms with Gasteiger partial charge in [0.2, 0.25) is 0 Å². The molecule has 0 spiro atoms. The van der Waals surface area contributed by atoms with E-state index in [0.717, 1.165) is 30.5 Å². The number of carbonyl (C=O) groups excluding carboxylic acids is 2. The fourth-order valence-electron chi connectivity index (χ4n) is 6.66. The van der Waals surface area contributed by atoms with Crippen molar-refractivity contribution in [3.8, 4) is 5.75 Å². The number of aliphatic hydroxyl groups excluding tert-OH is 2. The Kier molecular flexibility index (Phi) is 13.2. The normalized spacial score (nSPS) is 18.7. The molecule has 1 aliphatic heterocycles. The van der Waals surface area contributed by atoms with Crippen LogP contribution in [0, 0.1) is 5.92 Å². The Balaban J connectivity index is 1.07. The molecule has 14 heteroatoms. The zero-order valence-corrected chi connectivity index (χ0v) is 30.3. The van der Waals surface area contributed by atoms with Gasteiger partial charge in [-0.05, 0) is 80.5 Å². The van der Waals surface area contributed by atoms with Crippen molar-refractivity contribution in [1.29, 1.82) is 0 Å². The van der Waals surface area contributed by atoms with Crippen LogP contribution in [0.25, 0.3) is 11.2 Å². The lowest BCUT2D eigenvalue weighted by Gasteiger charge is -2.23. The third kappa shape index (κ3) is 9.76. The molecule has 284 valence electrons. The molecule has 3 aromatic carbocycles. The van der Waals surface area contributed by atoms with E-state index in [2.05, 4.69) is 43.1 Å². The van der Waals surface area contributed by atoms with Gasteiger partial charge in [-0.15, -0.1) is 0 Å². The minimum absolute atomic E-state index is 0.0244. The molecule has 0 radical (unpaired) electrons. The fourth-order valence-corrected chi connectivity index (χ4v) is 6.66. The van der Waals surface area contributed by atoms with Gasteiger partial charge in [-0.25, -0.2) is 19.7 Å². The van der Waals surface area contributed by atoms with Crippen molar-refractivity contribution >= 4 is 34.6 Å². The summed E-state index contributed by atoms with van der Waals surface area (Å²) >= 11 is 0. The summed E-state index contributed by atoms with van der Waals surface area (Å²) in [5.41, 5.74) is 3.81. The van der Waals surface area contributed by atoms with Gasteiger partial charge >= 0.3 is 6.03 Å². The number of aliphatic hydroxyl groups is 2. The van der Waals surface area contributed by atoms with E-state index in [1.165, 1.54) is 22.8 Å². The second-order valence-corrected chi connectivity index (χ2v) is 13.6. The summed E-state index contributed by atoms with van der Waals surface area (Å²) in [5.74, 6) is 0.0225. The summed E-state index contributed by atoms with van der Waals surface area (Å²) in [6, 6.07) is 23.4. The number of rotatable bonds is 17. The monoisotopic (exact) mass is 736 g/mol. The third-order valence-electron chi connectivity index (χ3n) is 9.65. The highest BCUT2D eigenvalue weighted by atomic mass is 16.6. The van der Waals surface area contributed by atoms with Crippen LogP contribution < -0.4 is 21.3 Å². The number of hydrogen-bond donors (Lipinski definition) is 7. The van der Waals surface area contributed by atoms with Crippen LogP contribution in [0.15, 0.2) is 91.5 Å². The van der Waals surface area contributed by atoms with Crippen LogP contribution in [0.1, 0.15) is 66.7 Å². The van der Waals surface area contributed by atoms with E-state index in [1.807, 2.05) is 42.5 Å².